The van der Waals surface area contributed by atoms with Crippen LogP contribution in [0.25, 0.3) is 0 Å². The minimum atomic E-state index is -3.31. The molecule has 1 aromatic rings. The molecular formula is C13H17FN2O2S. The van der Waals surface area contributed by atoms with Crippen LogP contribution in [0.2, 0.25) is 0 Å². The molecule has 1 N–H and O–H groups in total. The maximum atomic E-state index is 14.1. The molecule has 6 heteroatoms. The summed E-state index contributed by atoms with van der Waals surface area (Å²) >= 11 is 0. The van der Waals surface area contributed by atoms with Crippen LogP contribution < -0.4 is 4.72 Å². The van der Waals surface area contributed by atoms with E-state index >= 15 is 0 Å². The number of fused-ring (bicyclic) bond motifs is 3. The average molecular weight is 284 g/mol. The zero-order valence-electron chi connectivity index (χ0n) is 10.9. The van der Waals surface area contributed by atoms with Gasteiger partial charge in [0.15, 0.2) is 0 Å². The van der Waals surface area contributed by atoms with Crippen LogP contribution in [0.1, 0.15) is 23.1 Å². The summed E-state index contributed by atoms with van der Waals surface area (Å²) in [7, 11) is -1.33. The first-order valence-electron chi connectivity index (χ1n) is 6.31. The topological polar surface area (TPSA) is 49.4 Å². The Balaban J connectivity index is 2.08. The summed E-state index contributed by atoms with van der Waals surface area (Å²) in [6, 6.07) is 4.63. The minimum Gasteiger partial charge on any atom is -0.305 e. The van der Waals surface area contributed by atoms with Crippen molar-refractivity contribution < 1.29 is 12.8 Å². The van der Waals surface area contributed by atoms with Gasteiger partial charge < -0.3 is 4.90 Å². The molecule has 104 valence electrons. The van der Waals surface area contributed by atoms with Crippen molar-refractivity contribution in [1.82, 2.24) is 9.62 Å². The second-order valence-corrected chi connectivity index (χ2v) is 7.38. The van der Waals surface area contributed by atoms with Gasteiger partial charge in [-0.25, -0.2) is 17.5 Å². The van der Waals surface area contributed by atoms with E-state index in [0.29, 0.717) is 5.56 Å². The molecular weight excluding hydrogens is 267 g/mol. The predicted octanol–water partition coefficient (Wildman–Crippen LogP) is 1.07. The molecule has 1 heterocycles. The molecule has 19 heavy (non-hydrogen) atoms. The number of sulfonamides is 1. The molecule has 4 nitrogen and oxygen atoms in total. The summed E-state index contributed by atoms with van der Waals surface area (Å²) in [4.78, 5) is 2.13. The number of likely N-dealkylation sites (tertiary alicyclic amines) is 1. The summed E-state index contributed by atoms with van der Waals surface area (Å²) in [5.74, 6) is -0.0207. The highest BCUT2D eigenvalue weighted by atomic mass is 32.2. The van der Waals surface area contributed by atoms with Gasteiger partial charge in [0.1, 0.15) is 5.82 Å². The van der Waals surface area contributed by atoms with Crippen molar-refractivity contribution in [3.8, 4) is 0 Å². The van der Waals surface area contributed by atoms with Crippen molar-refractivity contribution in [3.63, 3.8) is 0 Å². The second-order valence-electron chi connectivity index (χ2n) is 5.60. The normalized spacial score (nSPS) is 30.4. The monoisotopic (exact) mass is 284 g/mol. The molecule has 3 atom stereocenters. The number of benzene rings is 1. The lowest BCUT2D eigenvalue weighted by atomic mass is 9.95. The van der Waals surface area contributed by atoms with Crippen LogP contribution in [0, 0.1) is 11.7 Å². The molecule has 1 fully saturated rings. The first kappa shape index (κ1) is 13.0. The van der Waals surface area contributed by atoms with Crippen LogP contribution in [0.4, 0.5) is 4.39 Å². The predicted molar refractivity (Wildman–Crippen MR) is 70.8 cm³/mol. The first-order chi connectivity index (χ1) is 8.87. The van der Waals surface area contributed by atoms with Crippen molar-refractivity contribution >= 4 is 10.0 Å². The number of hydrogen-bond donors (Lipinski definition) is 1. The van der Waals surface area contributed by atoms with Crippen molar-refractivity contribution in [3.05, 3.63) is 35.1 Å². The van der Waals surface area contributed by atoms with Gasteiger partial charge in [0.05, 0.1) is 12.3 Å². The Hall–Kier alpha value is -0.980. The van der Waals surface area contributed by atoms with Gasteiger partial charge in [-0.1, -0.05) is 12.1 Å². The van der Waals surface area contributed by atoms with Gasteiger partial charge in [-0.05, 0) is 24.2 Å². The molecule has 0 bridgehead atoms. The van der Waals surface area contributed by atoms with Crippen LogP contribution in [0.15, 0.2) is 18.2 Å². The lowest BCUT2D eigenvalue weighted by molar-refractivity contribution is 0.365. The number of nitrogens with one attached hydrogen (secondary N) is 1. The van der Waals surface area contributed by atoms with Gasteiger partial charge >= 0.3 is 0 Å². The van der Waals surface area contributed by atoms with Crippen LogP contribution >= 0.6 is 0 Å². The van der Waals surface area contributed by atoms with Gasteiger partial charge in [0.25, 0.3) is 0 Å². The average Bonchev–Trinajstić information content (AvgIpc) is 2.76. The van der Waals surface area contributed by atoms with E-state index in [0.717, 1.165) is 24.9 Å². The first-order valence-corrected chi connectivity index (χ1v) is 8.20. The lowest BCUT2D eigenvalue weighted by Gasteiger charge is -2.20. The minimum absolute atomic E-state index is 0.0837. The van der Waals surface area contributed by atoms with E-state index in [1.807, 2.05) is 13.1 Å². The number of halogens is 1. The van der Waals surface area contributed by atoms with Gasteiger partial charge in [0, 0.05) is 24.9 Å². The third kappa shape index (κ3) is 2.17. The fourth-order valence-corrected chi connectivity index (χ4v) is 4.27. The van der Waals surface area contributed by atoms with E-state index in [1.165, 1.54) is 6.07 Å². The lowest BCUT2D eigenvalue weighted by Crippen LogP contribution is -2.32. The maximum absolute atomic E-state index is 14.1. The molecule has 0 amide bonds. The molecule has 1 aliphatic carbocycles. The largest absolute Gasteiger partial charge is 0.305 e. The van der Waals surface area contributed by atoms with Gasteiger partial charge in [0.2, 0.25) is 10.0 Å². The molecule has 0 saturated carbocycles. The van der Waals surface area contributed by atoms with E-state index in [1.54, 1.807) is 6.07 Å². The van der Waals surface area contributed by atoms with Gasteiger partial charge in [-0.15, -0.1) is 0 Å². The summed E-state index contributed by atoms with van der Waals surface area (Å²) in [5.41, 5.74) is 1.49. The third-order valence-corrected chi connectivity index (χ3v) is 4.79. The fourth-order valence-electron chi connectivity index (χ4n) is 3.50. The fraction of sp³-hybridized carbons (Fsp3) is 0.538. The molecule has 0 spiro atoms. The summed E-state index contributed by atoms with van der Waals surface area (Å²) in [6.07, 6.45) is 1.15. The quantitative estimate of drug-likeness (QED) is 0.884. The number of nitrogens with zero attached hydrogens (tertiary/aromatic N) is 1. The molecule has 1 aliphatic heterocycles. The van der Waals surface area contributed by atoms with Gasteiger partial charge in [-0.2, -0.15) is 0 Å². The molecule has 1 saturated heterocycles. The maximum Gasteiger partial charge on any atom is 0.209 e. The molecule has 0 aromatic heterocycles. The highest BCUT2D eigenvalue weighted by Crippen LogP contribution is 2.49. The standard InChI is InChI=1S/C13H17FN2O2S/c1-16-6-9-10(7-16)13(15-19(2,17)18)8-4-3-5-11(14)12(8)9/h3-5,9-10,13,15H,6-7H2,1-2H3/t9-,10+,13-/m0/s1. The third-order valence-electron chi connectivity index (χ3n) is 4.11. The Morgan fingerprint density at radius 3 is 2.79 bits per heavy atom. The van der Waals surface area contributed by atoms with E-state index < -0.39 is 10.0 Å². The smallest absolute Gasteiger partial charge is 0.209 e. The SMILES string of the molecule is CN1C[C@@H]2[C@H](C1)c1c(F)cccc1[C@@H]2NS(C)(=O)=O. The van der Waals surface area contributed by atoms with Crippen LogP contribution in [-0.4, -0.2) is 39.7 Å². The summed E-state index contributed by atoms with van der Waals surface area (Å²) in [5, 5.41) is 0. The molecule has 3 rings (SSSR count). The van der Waals surface area contributed by atoms with E-state index in [-0.39, 0.29) is 23.7 Å². The Labute approximate surface area is 112 Å². The Kier molecular flexibility index (Phi) is 2.92. The second kappa shape index (κ2) is 4.26. The highest BCUT2D eigenvalue weighted by Gasteiger charge is 2.47. The van der Waals surface area contributed by atoms with Crippen LogP contribution in [0.3, 0.4) is 0 Å². The Morgan fingerprint density at radius 2 is 2.11 bits per heavy atom. The zero-order valence-corrected chi connectivity index (χ0v) is 11.7. The molecule has 2 aliphatic rings. The summed E-state index contributed by atoms with van der Waals surface area (Å²) < 4.78 is 39.8. The number of hydrogen-bond acceptors (Lipinski definition) is 3. The summed E-state index contributed by atoms with van der Waals surface area (Å²) in [6.45, 7) is 1.56. The van der Waals surface area contributed by atoms with Crippen LogP contribution in [0.5, 0.6) is 0 Å². The zero-order chi connectivity index (χ0) is 13.8. The van der Waals surface area contributed by atoms with Gasteiger partial charge in [-0.3, -0.25) is 0 Å². The van der Waals surface area contributed by atoms with Crippen molar-refractivity contribution in [2.45, 2.75) is 12.0 Å². The molecule has 0 radical (unpaired) electrons. The number of rotatable bonds is 2. The number of likely N-dealkylation sites (N-methyl/N-ethyl adjacent to an activating group) is 1. The Morgan fingerprint density at radius 1 is 1.37 bits per heavy atom. The van der Waals surface area contributed by atoms with Crippen molar-refractivity contribution in [1.29, 1.82) is 0 Å². The van der Waals surface area contributed by atoms with E-state index in [4.69, 9.17) is 0 Å². The van der Waals surface area contributed by atoms with Crippen molar-refractivity contribution in [2.75, 3.05) is 26.4 Å². The Bertz CT molecular complexity index is 617. The molecule has 1 aromatic carbocycles. The van der Waals surface area contributed by atoms with Crippen molar-refractivity contribution in [2.24, 2.45) is 5.92 Å². The van der Waals surface area contributed by atoms with E-state index in [9.17, 15) is 12.8 Å². The van der Waals surface area contributed by atoms with Crippen LogP contribution in [-0.2, 0) is 10.0 Å². The highest BCUT2D eigenvalue weighted by molar-refractivity contribution is 7.88. The molecule has 0 unspecified atom stereocenters. The van der Waals surface area contributed by atoms with E-state index in [2.05, 4.69) is 9.62 Å².